The van der Waals surface area contributed by atoms with Crippen LogP contribution in [-0.4, -0.2) is 47.0 Å². The summed E-state index contributed by atoms with van der Waals surface area (Å²) in [5.41, 5.74) is 8.64. The van der Waals surface area contributed by atoms with Crippen molar-refractivity contribution in [3.8, 4) is 22.5 Å². The minimum absolute atomic E-state index is 0.345. The van der Waals surface area contributed by atoms with Crippen molar-refractivity contribution >= 4 is 28.7 Å². The molecule has 0 saturated heterocycles. The Morgan fingerprint density at radius 2 is 1.55 bits per heavy atom. The number of amides is 2. The monoisotopic (exact) mass is 554 g/mol. The largest absolute Gasteiger partial charge is 0.308 e. The van der Waals surface area contributed by atoms with E-state index in [2.05, 4.69) is 57.2 Å². The number of rotatable bonds is 6. The van der Waals surface area contributed by atoms with Crippen LogP contribution in [-0.2, 0) is 13.0 Å². The molecular weight excluding hydrogens is 528 g/mol. The number of aryl methyl sites for hydroxylation is 3. The van der Waals surface area contributed by atoms with Gasteiger partial charge in [0.1, 0.15) is 11.3 Å². The second-order valence-electron chi connectivity index (χ2n) is 10.4. The summed E-state index contributed by atoms with van der Waals surface area (Å²) in [6.45, 7) is 6.80. The zero-order valence-electron chi connectivity index (χ0n) is 23.3. The molecule has 42 heavy (non-hydrogen) atoms. The van der Waals surface area contributed by atoms with E-state index in [1.807, 2.05) is 31.2 Å². The molecule has 7 rings (SSSR count). The Kier molecular flexibility index (Phi) is 5.97. The van der Waals surface area contributed by atoms with E-state index in [0.29, 0.717) is 29.2 Å². The van der Waals surface area contributed by atoms with Crippen molar-refractivity contribution in [1.29, 1.82) is 0 Å². The molecule has 1 aliphatic rings. The minimum atomic E-state index is -0.345. The van der Waals surface area contributed by atoms with Gasteiger partial charge in [-0.3, -0.25) is 9.59 Å². The number of nitrogens with one attached hydrogen (secondary N) is 1. The number of carbonyl (C=O) groups is 2. The molecule has 2 amide bonds. The minimum Gasteiger partial charge on any atom is -0.308 e. The Morgan fingerprint density at radius 3 is 2.21 bits per heavy atom. The molecular formula is C32H26N8O2. The fraction of sp³-hybridized carbons (Fsp3) is 0.156. The second-order valence-corrected chi connectivity index (χ2v) is 10.4. The molecule has 0 spiro atoms. The van der Waals surface area contributed by atoms with Crippen LogP contribution in [0.2, 0.25) is 0 Å². The van der Waals surface area contributed by atoms with E-state index in [0.717, 1.165) is 56.9 Å². The van der Waals surface area contributed by atoms with Crippen LogP contribution >= 0.6 is 0 Å². The highest BCUT2D eigenvalue weighted by Crippen LogP contribution is 2.36. The van der Waals surface area contributed by atoms with Gasteiger partial charge in [-0.15, -0.1) is 10.2 Å². The third-order valence-corrected chi connectivity index (χ3v) is 7.66. The Balaban J connectivity index is 1.27. The first-order valence-corrected chi connectivity index (χ1v) is 13.7. The van der Waals surface area contributed by atoms with Crippen LogP contribution in [0.4, 0.5) is 5.69 Å². The first-order chi connectivity index (χ1) is 20.4. The fourth-order valence-electron chi connectivity index (χ4n) is 5.66. The van der Waals surface area contributed by atoms with Crippen molar-refractivity contribution in [3.05, 3.63) is 107 Å². The molecule has 10 heteroatoms. The van der Waals surface area contributed by atoms with Crippen molar-refractivity contribution in [2.75, 3.05) is 4.90 Å². The molecule has 0 atom stereocenters. The molecule has 1 N–H and O–H groups in total. The lowest BCUT2D eigenvalue weighted by atomic mass is 9.97. The maximum Gasteiger partial charge on any atom is 0.266 e. The van der Waals surface area contributed by atoms with Crippen LogP contribution in [0, 0.1) is 13.8 Å². The van der Waals surface area contributed by atoms with Gasteiger partial charge in [0.05, 0.1) is 23.4 Å². The quantitative estimate of drug-likeness (QED) is 0.277. The van der Waals surface area contributed by atoms with Crippen LogP contribution < -0.4 is 4.90 Å². The summed E-state index contributed by atoms with van der Waals surface area (Å²) < 4.78 is 2.18. The number of imide groups is 1. The van der Waals surface area contributed by atoms with Gasteiger partial charge in [-0.2, -0.15) is 5.21 Å². The summed E-state index contributed by atoms with van der Waals surface area (Å²) in [7, 11) is 0. The Morgan fingerprint density at radius 1 is 0.810 bits per heavy atom. The van der Waals surface area contributed by atoms with Crippen LogP contribution in [0.5, 0.6) is 0 Å². The predicted molar refractivity (Wildman–Crippen MR) is 158 cm³/mol. The van der Waals surface area contributed by atoms with E-state index >= 15 is 0 Å². The number of hydrogen-bond donors (Lipinski definition) is 1. The van der Waals surface area contributed by atoms with E-state index in [4.69, 9.17) is 9.97 Å². The number of benzene rings is 3. The summed E-state index contributed by atoms with van der Waals surface area (Å²) >= 11 is 0. The number of nitrogens with zero attached hydrogens (tertiary/aromatic N) is 7. The number of pyridine rings is 1. The van der Waals surface area contributed by atoms with Crippen molar-refractivity contribution in [2.24, 2.45) is 0 Å². The van der Waals surface area contributed by atoms with Crippen molar-refractivity contribution in [1.82, 2.24) is 35.2 Å². The van der Waals surface area contributed by atoms with Crippen molar-refractivity contribution in [3.63, 3.8) is 0 Å². The number of H-pyrrole nitrogens is 1. The predicted octanol–water partition coefficient (Wildman–Crippen LogP) is 5.31. The summed E-state index contributed by atoms with van der Waals surface area (Å²) in [5.74, 6) is 0.714. The molecule has 1 aliphatic heterocycles. The van der Waals surface area contributed by atoms with E-state index < -0.39 is 0 Å². The lowest BCUT2D eigenvalue weighted by Crippen LogP contribution is -2.29. The topological polar surface area (TPSA) is 123 Å². The van der Waals surface area contributed by atoms with Gasteiger partial charge in [-0.1, -0.05) is 43.3 Å². The molecule has 3 aromatic carbocycles. The number of imidazole rings is 1. The summed E-state index contributed by atoms with van der Waals surface area (Å²) in [5, 5.41) is 14.6. The van der Waals surface area contributed by atoms with Crippen LogP contribution in [0.3, 0.4) is 0 Å². The maximum atomic E-state index is 13.2. The van der Waals surface area contributed by atoms with Crippen LogP contribution in [0.15, 0.2) is 72.8 Å². The number of aromatic nitrogens is 7. The Hall–Kier alpha value is -5.51. The first kappa shape index (κ1) is 25.5. The van der Waals surface area contributed by atoms with E-state index in [1.165, 1.54) is 4.90 Å². The molecule has 4 heterocycles. The molecule has 0 saturated carbocycles. The van der Waals surface area contributed by atoms with E-state index in [-0.39, 0.29) is 11.8 Å². The molecule has 0 unspecified atom stereocenters. The average molecular weight is 555 g/mol. The summed E-state index contributed by atoms with van der Waals surface area (Å²) in [6.07, 6.45) is 0.797. The number of tetrazole rings is 1. The molecule has 10 nitrogen and oxygen atoms in total. The summed E-state index contributed by atoms with van der Waals surface area (Å²) in [6, 6.07) is 22.5. The third-order valence-electron chi connectivity index (χ3n) is 7.66. The highest BCUT2D eigenvalue weighted by Gasteiger charge is 2.36. The lowest BCUT2D eigenvalue weighted by molar-refractivity contribution is 0.0926. The van der Waals surface area contributed by atoms with Gasteiger partial charge in [0.25, 0.3) is 11.8 Å². The number of hydrogen-bond acceptors (Lipinski definition) is 7. The maximum absolute atomic E-state index is 13.2. The SMILES string of the molecule is CCc1nc2c(C)cc(C)nc2n1Cc1ccc(-c2cc(N3C(=O)c4ccccc4C3=O)ccc2-c2nn[nH]n2)cc1. The molecule has 0 fully saturated rings. The molecule has 206 valence electrons. The fourth-order valence-corrected chi connectivity index (χ4v) is 5.66. The van der Waals surface area contributed by atoms with Gasteiger partial charge in [-0.05, 0) is 77.7 Å². The molecule has 0 bridgehead atoms. The lowest BCUT2D eigenvalue weighted by Gasteiger charge is -2.17. The first-order valence-electron chi connectivity index (χ1n) is 13.7. The van der Waals surface area contributed by atoms with Crippen molar-refractivity contribution < 1.29 is 9.59 Å². The number of carbonyl (C=O) groups excluding carboxylic acids is 2. The van der Waals surface area contributed by atoms with Gasteiger partial charge < -0.3 is 4.57 Å². The van der Waals surface area contributed by atoms with Gasteiger partial charge >= 0.3 is 0 Å². The normalized spacial score (nSPS) is 12.9. The number of anilines is 1. The van der Waals surface area contributed by atoms with Crippen LogP contribution in [0.1, 0.15) is 50.3 Å². The van der Waals surface area contributed by atoms with Gasteiger partial charge in [0.15, 0.2) is 5.65 Å². The highest BCUT2D eigenvalue weighted by atomic mass is 16.2. The number of fused-ring (bicyclic) bond motifs is 2. The van der Waals surface area contributed by atoms with Gasteiger partial charge in [0.2, 0.25) is 5.82 Å². The second kappa shape index (κ2) is 9.84. The van der Waals surface area contributed by atoms with Gasteiger partial charge in [0, 0.05) is 17.7 Å². The zero-order valence-corrected chi connectivity index (χ0v) is 23.3. The van der Waals surface area contributed by atoms with E-state index in [1.54, 1.807) is 30.3 Å². The molecule has 6 aromatic rings. The van der Waals surface area contributed by atoms with E-state index in [9.17, 15) is 9.59 Å². The standard InChI is InChI=1S/C32H26N8O2/c1-4-27-34-28-18(2)15-19(3)33-30(28)39(27)17-20-9-11-21(12-10-20)26-16-22(13-14-23(26)29-35-37-38-36-29)40-31(41)24-7-5-6-8-25(24)32(40)42/h5-16H,4,17H2,1-3H3,(H,35,36,37,38). The Bertz CT molecular complexity index is 1970. The van der Waals surface area contributed by atoms with Gasteiger partial charge in [-0.25, -0.2) is 14.9 Å². The smallest absolute Gasteiger partial charge is 0.266 e. The number of aromatic amines is 1. The molecule has 0 aliphatic carbocycles. The molecule has 3 aromatic heterocycles. The third kappa shape index (κ3) is 4.07. The summed E-state index contributed by atoms with van der Waals surface area (Å²) in [4.78, 5) is 37.3. The molecule has 0 radical (unpaired) electrons. The van der Waals surface area contributed by atoms with Crippen LogP contribution in [0.25, 0.3) is 33.7 Å². The average Bonchev–Trinajstić information content (AvgIpc) is 3.72. The van der Waals surface area contributed by atoms with Crippen molar-refractivity contribution in [2.45, 2.75) is 33.7 Å². The Labute approximate surface area is 241 Å². The highest BCUT2D eigenvalue weighted by molar-refractivity contribution is 6.34. The zero-order chi connectivity index (χ0) is 29.0.